The average Bonchev–Trinajstić information content (AvgIpc) is 3.01. The van der Waals surface area contributed by atoms with Gasteiger partial charge in [0.25, 0.3) is 0 Å². The zero-order chi connectivity index (χ0) is 13.4. The Kier molecular flexibility index (Phi) is 3.56. The summed E-state index contributed by atoms with van der Waals surface area (Å²) in [5.41, 5.74) is 6.94. The smallest absolute Gasteiger partial charge is 0.111 e. The minimum atomic E-state index is 0.393. The van der Waals surface area contributed by atoms with E-state index in [4.69, 9.17) is 10.7 Å². The van der Waals surface area contributed by atoms with Gasteiger partial charge in [0.1, 0.15) is 5.01 Å². The topological polar surface area (TPSA) is 42.1 Å². The molecule has 0 saturated carbocycles. The molecule has 2 aromatic rings. The molecule has 0 bridgehead atoms. The van der Waals surface area contributed by atoms with Crippen molar-refractivity contribution >= 4 is 21.6 Å². The van der Waals surface area contributed by atoms with E-state index < -0.39 is 0 Å². The number of rotatable bonds is 3. The fraction of sp³-hybridized carbons (Fsp3) is 0.533. The van der Waals surface area contributed by atoms with Crippen LogP contribution < -0.4 is 5.73 Å². The number of para-hydroxylation sites is 1. The molecule has 3 atom stereocenters. The summed E-state index contributed by atoms with van der Waals surface area (Å²) in [6.45, 7) is 6.48. The Balaban J connectivity index is 1.85. The molecule has 19 heavy (non-hydrogen) atoms. The molecule has 1 aliphatic heterocycles. The van der Waals surface area contributed by atoms with Crippen LogP contribution in [0.2, 0.25) is 0 Å². The molecule has 102 valence electrons. The van der Waals surface area contributed by atoms with E-state index in [9.17, 15) is 0 Å². The van der Waals surface area contributed by atoms with Gasteiger partial charge in [-0.2, -0.15) is 0 Å². The highest BCUT2D eigenvalue weighted by Crippen LogP contribution is 2.34. The molecule has 0 amide bonds. The van der Waals surface area contributed by atoms with Crippen LogP contribution in [0.5, 0.6) is 0 Å². The lowest BCUT2D eigenvalue weighted by Crippen LogP contribution is -2.30. The van der Waals surface area contributed by atoms with Crippen LogP contribution in [-0.4, -0.2) is 29.0 Å². The summed E-state index contributed by atoms with van der Waals surface area (Å²) in [6, 6.07) is 9.38. The van der Waals surface area contributed by atoms with Gasteiger partial charge >= 0.3 is 0 Å². The predicted octanol–water partition coefficient (Wildman–Crippen LogP) is 3.03. The number of likely N-dealkylation sites (tertiary alicyclic amines) is 1. The fourth-order valence-corrected chi connectivity index (χ4v) is 4.13. The molecule has 0 radical (unpaired) electrons. The number of hydrogen-bond acceptors (Lipinski definition) is 4. The molecular formula is C15H21N3S. The monoisotopic (exact) mass is 275 g/mol. The van der Waals surface area contributed by atoms with Crippen LogP contribution in [-0.2, 0) is 0 Å². The summed E-state index contributed by atoms with van der Waals surface area (Å²) in [5.74, 6) is 0.645. The van der Waals surface area contributed by atoms with Gasteiger partial charge in [0.15, 0.2) is 0 Å². The zero-order valence-corrected chi connectivity index (χ0v) is 12.4. The highest BCUT2D eigenvalue weighted by atomic mass is 32.1. The fourth-order valence-electron chi connectivity index (χ4n) is 3.09. The van der Waals surface area contributed by atoms with Crippen LogP contribution in [0.4, 0.5) is 0 Å². The maximum atomic E-state index is 5.82. The lowest BCUT2D eigenvalue weighted by Gasteiger charge is -2.26. The van der Waals surface area contributed by atoms with Crippen molar-refractivity contribution < 1.29 is 0 Å². The number of aromatic nitrogens is 1. The Morgan fingerprint density at radius 1 is 1.47 bits per heavy atom. The maximum absolute atomic E-state index is 5.82. The van der Waals surface area contributed by atoms with Crippen molar-refractivity contribution in [2.75, 3.05) is 13.1 Å². The summed E-state index contributed by atoms with van der Waals surface area (Å²) in [4.78, 5) is 7.34. The standard InChI is InChI=1S/C15H21N3S/c1-10-7-12(8-16)9-18(10)11(2)15-17-13-5-3-4-6-14(13)19-15/h3-6,10-12H,7-9,16H2,1-2H3. The lowest BCUT2D eigenvalue weighted by atomic mass is 10.1. The summed E-state index contributed by atoms with van der Waals surface area (Å²) in [7, 11) is 0. The van der Waals surface area contributed by atoms with Gasteiger partial charge in [0.2, 0.25) is 0 Å². The van der Waals surface area contributed by atoms with Gasteiger partial charge < -0.3 is 5.73 Å². The Bertz CT molecular complexity index is 532. The molecule has 1 aromatic carbocycles. The van der Waals surface area contributed by atoms with Crippen LogP contribution in [0.1, 0.15) is 31.3 Å². The number of benzene rings is 1. The first-order valence-corrected chi connectivity index (χ1v) is 7.82. The van der Waals surface area contributed by atoms with E-state index in [1.807, 2.05) is 11.3 Å². The van der Waals surface area contributed by atoms with Gasteiger partial charge in [-0.05, 0) is 44.9 Å². The summed E-state index contributed by atoms with van der Waals surface area (Å²) >= 11 is 1.82. The first-order chi connectivity index (χ1) is 9.19. The Morgan fingerprint density at radius 2 is 2.26 bits per heavy atom. The van der Waals surface area contributed by atoms with Gasteiger partial charge in [0.05, 0.1) is 16.3 Å². The Hall–Kier alpha value is -0.970. The second kappa shape index (κ2) is 5.19. The van der Waals surface area contributed by atoms with E-state index in [0.717, 1.165) is 18.6 Å². The Morgan fingerprint density at radius 3 is 2.95 bits per heavy atom. The first kappa shape index (κ1) is 13.0. The third kappa shape index (κ3) is 2.40. The first-order valence-electron chi connectivity index (χ1n) is 7.00. The van der Waals surface area contributed by atoms with E-state index in [0.29, 0.717) is 18.0 Å². The molecule has 3 rings (SSSR count). The molecule has 1 fully saturated rings. The molecular weight excluding hydrogens is 254 g/mol. The number of fused-ring (bicyclic) bond motifs is 1. The van der Waals surface area contributed by atoms with Gasteiger partial charge in [-0.3, -0.25) is 4.90 Å². The van der Waals surface area contributed by atoms with Gasteiger partial charge in [-0.1, -0.05) is 12.1 Å². The van der Waals surface area contributed by atoms with Crippen LogP contribution >= 0.6 is 11.3 Å². The van der Waals surface area contributed by atoms with Crippen molar-refractivity contribution in [3.8, 4) is 0 Å². The summed E-state index contributed by atoms with van der Waals surface area (Å²) < 4.78 is 1.28. The number of nitrogens with two attached hydrogens (primary N) is 1. The number of thiazole rings is 1. The highest BCUT2D eigenvalue weighted by Gasteiger charge is 2.32. The predicted molar refractivity (Wildman–Crippen MR) is 81.4 cm³/mol. The second-order valence-electron chi connectivity index (χ2n) is 5.58. The van der Waals surface area contributed by atoms with Crippen molar-refractivity contribution in [2.45, 2.75) is 32.4 Å². The van der Waals surface area contributed by atoms with Crippen LogP contribution in [0, 0.1) is 5.92 Å². The van der Waals surface area contributed by atoms with E-state index in [-0.39, 0.29) is 0 Å². The third-order valence-electron chi connectivity index (χ3n) is 4.21. The van der Waals surface area contributed by atoms with E-state index in [1.165, 1.54) is 16.1 Å². The van der Waals surface area contributed by atoms with E-state index in [2.05, 4.69) is 43.0 Å². The van der Waals surface area contributed by atoms with Gasteiger partial charge in [-0.25, -0.2) is 4.98 Å². The highest BCUT2D eigenvalue weighted by molar-refractivity contribution is 7.18. The van der Waals surface area contributed by atoms with E-state index in [1.54, 1.807) is 0 Å². The maximum Gasteiger partial charge on any atom is 0.111 e. The number of hydrogen-bond donors (Lipinski definition) is 1. The molecule has 4 heteroatoms. The van der Waals surface area contributed by atoms with Crippen molar-refractivity contribution in [3.63, 3.8) is 0 Å². The normalized spacial score (nSPS) is 26.1. The summed E-state index contributed by atoms with van der Waals surface area (Å²) in [6.07, 6.45) is 1.21. The summed E-state index contributed by atoms with van der Waals surface area (Å²) in [5, 5.41) is 1.23. The largest absolute Gasteiger partial charge is 0.330 e. The molecule has 3 nitrogen and oxygen atoms in total. The minimum absolute atomic E-state index is 0.393. The second-order valence-corrected chi connectivity index (χ2v) is 6.64. The molecule has 0 spiro atoms. The zero-order valence-electron chi connectivity index (χ0n) is 11.5. The molecule has 2 N–H and O–H groups in total. The molecule has 2 heterocycles. The van der Waals surface area contributed by atoms with Crippen molar-refractivity contribution in [1.82, 2.24) is 9.88 Å². The minimum Gasteiger partial charge on any atom is -0.330 e. The van der Waals surface area contributed by atoms with Crippen molar-refractivity contribution in [3.05, 3.63) is 29.3 Å². The van der Waals surface area contributed by atoms with Gasteiger partial charge in [0, 0.05) is 12.6 Å². The third-order valence-corrected chi connectivity index (χ3v) is 5.41. The van der Waals surface area contributed by atoms with Gasteiger partial charge in [-0.15, -0.1) is 11.3 Å². The number of nitrogens with zero attached hydrogens (tertiary/aromatic N) is 2. The molecule has 1 aromatic heterocycles. The average molecular weight is 275 g/mol. The quantitative estimate of drug-likeness (QED) is 0.936. The van der Waals surface area contributed by atoms with Crippen LogP contribution in [0.3, 0.4) is 0 Å². The van der Waals surface area contributed by atoms with Crippen molar-refractivity contribution in [2.24, 2.45) is 11.7 Å². The van der Waals surface area contributed by atoms with Crippen LogP contribution in [0.25, 0.3) is 10.2 Å². The SMILES string of the molecule is CC1CC(CN)CN1C(C)c1nc2ccccc2s1. The van der Waals surface area contributed by atoms with Crippen LogP contribution in [0.15, 0.2) is 24.3 Å². The molecule has 1 aliphatic rings. The van der Waals surface area contributed by atoms with Crippen molar-refractivity contribution in [1.29, 1.82) is 0 Å². The lowest BCUT2D eigenvalue weighted by molar-refractivity contribution is 0.200. The molecule has 1 saturated heterocycles. The molecule has 3 unspecified atom stereocenters. The van der Waals surface area contributed by atoms with E-state index >= 15 is 0 Å². The molecule has 0 aliphatic carbocycles. The Labute approximate surface area is 118 Å².